The van der Waals surface area contributed by atoms with E-state index in [9.17, 15) is 4.39 Å². The van der Waals surface area contributed by atoms with Crippen LogP contribution in [-0.2, 0) is 4.74 Å². The number of guanidine groups is 1. The van der Waals surface area contributed by atoms with Crippen molar-refractivity contribution in [1.82, 2.24) is 15.5 Å². The van der Waals surface area contributed by atoms with Crippen molar-refractivity contribution in [2.24, 2.45) is 4.99 Å². The van der Waals surface area contributed by atoms with Crippen molar-refractivity contribution in [2.75, 3.05) is 39.9 Å². The van der Waals surface area contributed by atoms with E-state index in [2.05, 4.69) is 32.7 Å². The first-order chi connectivity index (χ1) is 12.3. The van der Waals surface area contributed by atoms with E-state index in [1.165, 1.54) is 12.1 Å². The summed E-state index contributed by atoms with van der Waals surface area (Å²) in [7, 11) is 1.79. The number of morpholine rings is 1. The molecule has 136 valence electrons. The van der Waals surface area contributed by atoms with Crippen LogP contribution in [0.25, 0.3) is 0 Å². The van der Waals surface area contributed by atoms with Crippen molar-refractivity contribution in [3.05, 3.63) is 47.8 Å². The fourth-order valence-electron chi connectivity index (χ4n) is 3.35. The highest BCUT2D eigenvalue weighted by molar-refractivity contribution is 5.80. The molecule has 5 nitrogen and oxygen atoms in total. The summed E-state index contributed by atoms with van der Waals surface area (Å²) in [5.41, 5.74) is 1.11. The van der Waals surface area contributed by atoms with Crippen LogP contribution < -0.4 is 10.6 Å². The molecule has 0 amide bonds. The number of halogens is 1. The Balaban J connectivity index is 1.64. The quantitative estimate of drug-likeness (QED) is 0.487. The normalized spacial score (nSPS) is 20.6. The van der Waals surface area contributed by atoms with Gasteiger partial charge in [-0.05, 0) is 30.5 Å². The summed E-state index contributed by atoms with van der Waals surface area (Å²) >= 11 is 0. The molecule has 1 unspecified atom stereocenters. The second-order valence-corrected chi connectivity index (χ2v) is 6.45. The largest absolute Gasteiger partial charge is 0.379 e. The lowest BCUT2D eigenvalue weighted by molar-refractivity contribution is 0.0170. The van der Waals surface area contributed by atoms with Gasteiger partial charge in [0, 0.05) is 32.7 Å². The Labute approximate surface area is 149 Å². The highest BCUT2D eigenvalue weighted by Crippen LogP contribution is 2.21. The molecule has 0 aromatic heterocycles. The predicted octanol–water partition coefficient (Wildman–Crippen LogP) is 2.08. The molecule has 0 spiro atoms. The van der Waals surface area contributed by atoms with Gasteiger partial charge in [-0.1, -0.05) is 24.3 Å². The van der Waals surface area contributed by atoms with E-state index in [4.69, 9.17) is 4.74 Å². The van der Waals surface area contributed by atoms with Crippen molar-refractivity contribution in [1.29, 1.82) is 0 Å². The predicted molar refractivity (Wildman–Crippen MR) is 98.2 cm³/mol. The molecule has 1 atom stereocenters. The lowest BCUT2D eigenvalue weighted by Gasteiger charge is -2.35. The molecule has 1 heterocycles. The van der Waals surface area contributed by atoms with Gasteiger partial charge in [0.2, 0.25) is 0 Å². The monoisotopic (exact) mass is 346 g/mol. The van der Waals surface area contributed by atoms with Crippen LogP contribution in [0.1, 0.15) is 24.4 Å². The molecule has 25 heavy (non-hydrogen) atoms. The number of hydrogen-bond acceptors (Lipinski definition) is 3. The first-order valence-corrected chi connectivity index (χ1v) is 8.95. The van der Waals surface area contributed by atoms with Crippen molar-refractivity contribution in [3.63, 3.8) is 0 Å². The van der Waals surface area contributed by atoms with E-state index in [-0.39, 0.29) is 11.9 Å². The first-order valence-electron chi connectivity index (χ1n) is 8.95. The minimum absolute atomic E-state index is 0.157. The van der Waals surface area contributed by atoms with Crippen LogP contribution in [-0.4, -0.2) is 56.8 Å². The fraction of sp³-hybridized carbons (Fsp3) is 0.526. The summed E-state index contributed by atoms with van der Waals surface area (Å²) in [6, 6.07) is 7.37. The molecule has 1 fully saturated rings. The van der Waals surface area contributed by atoms with Crippen LogP contribution in [0.3, 0.4) is 0 Å². The molecule has 1 saturated heterocycles. The molecule has 0 saturated carbocycles. The van der Waals surface area contributed by atoms with Gasteiger partial charge in [0.15, 0.2) is 5.96 Å². The molecule has 3 rings (SSSR count). The van der Waals surface area contributed by atoms with Crippen LogP contribution in [0, 0.1) is 5.82 Å². The first kappa shape index (κ1) is 17.9. The maximum atomic E-state index is 13.3. The van der Waals surface area contributed by atoms with Crippen molar-refractivity contribution in [2.45, 2.75) is 24.9 Å². The minimum atomic E-state index is -0.205. The SMILES string of the molecule is CN=C(NCC(c1ccc(F)cc1)N1CCOCC1)NC1CC=CC1. The van der Waals surface area contributed by atoms with Gasteiger partial charge in [-0.15, -0.1) is 0 Å². The molecule has 0 radical (unpaired) electrons. The molecule has 1 aliphatic carbocycles. The second kappa shape index (κ2) is 8.97. The van der Waals surface area contributed by atoms with Crippen LogP contribution in [0.5, 0.6) is 0 Å². The van der Waals surface area contributed by atoms with Crippen LogP contribution in [0.2, 0.25) is 0 Å². The van der Waals surface area contributed by atoms with Crippen LogP contribution in [0.4, 0.5) is 4.39 Å². The van der Waals surface area contributed by atoms with Crippen LogP contribution >= 0.6 is 0 Å². The topological polar surface area (TPSA) is 48.9 Å². The molecule has 1 aromatic rings. The number of rotatable bonds is 5. The lowest BCUT2D eigenvalue weighted by Crippen LogP contribution is -2.48. The molecule has 2 aliphatic rings. The molecule has 0 bridgehead atoms. The second-order valence-electron chi connectivity index (χ2n) is 6.45. The highest BCUT2D eigenvalue weighted by Gasteiger charge is 2.23. The Hall–Kier alpha value is -1.92. The summed E-state index contributed by atoms with van der Waals surface area (Å²) in [5, 5.41) is 6.90. The third-order valence-corrected chi connectivity index (χ3v) is 4.78. The third kappa shape index (κ3) is 5.03. The average Bonchev–Trinajstić information content (AvgIpc) is 3.16. The Bertz CT molecular complexity index is 588. The van der Waals surface area contributed by atoms with Gasteiger partial charge < -0.3 is 15.4 Å². The maximum absolute atomic E-state index is 13.3. The average molecular weight is 346 g/mol. The van der Waals surface area contributed by atoms with Gasteiger partial charge in [0.05, 0.1) is 19.3 Å². The standard InChI is InChI=1S/C19H27FN4O/c1-21-19(23-17-4-2-3-5-17)22-14-18(24-10-12-25-13-11-24)15-6-8-16(20)9-7-15/h2-3,6-9,17-18H,4-5,10-14H2,1H3,(H2,21,22,23). The van der Waals surface area contributed by atoms with Gasteiger partial charge in [0.25, 0.3) is 0 Å². The van der Waals surface area contributed by atoms with E-state index >= 15 is 0 Å². The Morgan fingerprint density at radius 3 is 2.56 bits per heavy atom. The number of nitrogens with one attached hydrogen (secondary N) is 2. The Morgan fingerprint density at radius 1 is 1.24 bits per heavy atom. The molecule has 6 heteroatoms. The zero-order valence-electron chi connectivity index (χ0n) is 14.7. The van der Waals surface area contributed by atoms with Gasteiger partial charge in [-0.3, -0.25) is 9.89 Å². The summed E-state index contributed by atoms with van der Waals surface area (Å²) < 4.78 is 18.8. The number of benzene rings is 1. The summed E-state index contributed by atoms with van der Waals surface area (Å²) in [4.78, 5) is 6.72. The fourth-order valence-corrected chi connectivity index (χ4v) is 3.35. The number of nitrogens with zero attached hydrogens (tertiary/aromatic N) is 2. The zero-order chi connectivity index (χ0) is 17.5. The van der Waals surface area contributed by atoms with E-state index in [0.717, 1.165) is 50.7 Å². The Kier molecular flexibility index (Phi) is 6.42. The van der Waals surface area contributed by atoms with E-state index in [1.54, 1.807) is 7.05 Å². The highest BCUT2D eigenvalue weighted by atomic mass is 19.1. The van der Waals surface area contributed by atoms with E-state index in [1.807, 2.05) is 12.1 Å². The Morgan fingerprint density at radius 2 is 1.92 bits per heavy atom. The minimum Gasteiger partial charge on any atom is -0.379 e. The third-order valence-electron chi connectivity index (χ3n) is 4.78. The van der Waals surface area contributed by atoms with Gasteiger partial charge in [-0.25, -0.2) is 4.39 Å². The number of aliphatic imine (C=N–C) groups is 1. The van der Waals surface area contributed by atoms with Crippen molar-refractivity contribution in [3.8, 4) is 0 Å². The summed E-state index contributed by atoms with van der Waals surface area (Å²) in [6.45, 7) is 3.94. The number of ether oxygens (including phenoxy) is 1. The van der Waals surface area contributed by atoms with E-state index in [0.29, 0.717) is 12.6 Å². The summed E-state index contributed by atoms with van der Waals surface area (Å²) in [5.74, 6) is 0.609. The van der Waals surface area contributed by atoms with Gasteiger partial charge >= 0.3 is 0 Å². The smallest absolute Gasteiger partial charge is 0.191 e. The van der Waals surface area contributed by atoms with Crippen LogP contribution in [0.15, 0.2) is 41.4 Å². The maximum Gasteiger partial charge on any atom is 0.191 e. The van der Waals surface area contributed by atoms with Gasteiger partial charge in [0.1, 0.15) is 5.82 Å². The van der Waals surface area contributed by atoms with Crippen molar-refractivity contribution < 1.29 is 9.13 Å². The summed E-state index contributed by atoms with van der Waals surface area (Å²) in [6.07, 6.45) is 6.46. The molecular formula is C19H27FN4O. The van der Waals surface area contributed by atoms with Crippen molar-refractivity contribution >= 4 is 5.96 Å². The molecule has 1 aliphatic heterocycles. The molecule has 2 N–H and O–H groups in total. The lowest BCUT2D eigenvalue weighted by atomic mass is 10.0. The molecular weight excluding hydrogens is 319 g/mol. The van der Waals surface area contributed by atoms with E-state index < -0.39 is 0 Å². The zero-order valence-corrected chi connectivity index (χ0v) is 14.7. The number of hydrogen-bond donors (Lipinski definition) is 2. The van der Waals surface area contributed by atoms with Gasteiger partial charge in [-0.2, -0.15) is 0 Å². The molecule has 1 aromatic carbocycles.